The van der Waals surface area contributed by atoms with Crippen LogP contribution in [-0.4, -0.2) is 35.3 Å². The van der Waals surface area contributed by atoms with Gasteiger partial charge in [-0.05, 0) is 42.4 Å². The van der Waals surface area contributed by atoms with Gasteiger partial charge in [-0.1, -0.05) is 78.9 Å². The molecule has 0 N–H and O–H groups in total. The second-order valence-corrected chi connectivity index (χ2v) is 7.64. The molecule has 0 radical (unpaired) electrons. The molecule has 0 spiro atoms. The molecule has 4 nitrogen and oxygen atoms in total. The van der Waals surface area contributed by atoms with Gasteiger partial charge >= 0.3 is 0 Å². The summed E-state index contributed by atoms with van der Waals surface area (Å²) in [6.07, 6.45) is 2.09. The molecule has 0 aliphatic carbocycles. The van der Waals surface area contributed by atoms with E-state index in [1.807, 2.05) is 28.9 Å². The van der Waals surface area contributed by atoms with Crippen LogP contribution in [0.1, 0.15) is 5.56 Å². The number of nitrogens with zero attached hydrogens (tertiary/aromatic N) is 3. The fourth-order valence-corrected chi connectivity index (χ4v) is 3.35. The van der Waals surface area contributed by atoms with Gasteiger partial charge < -0.3 is 9.64 Å². The zero-order valence-corrected chi connectivity index (χ0v) is 17.5. The largest absolute Gasteiger partial charge is 0.471 e. The van der Waals surface area contributed by atoms with Gasteiger partial charge in [0.25, 0.3) is 0 Å². The third-order valence-electron chi connectivity index (χ3n) is 5.00. The van der Waals surface area contributed by atoms with Crippen LogP contribution in [0.15, 0.2) is 91.1 Å². The van der Waals surface area contributed by atoms with Gasteiger partial charge in [0, 0.05) is 12.7 Å². The first kappa shape index (κ1) is 19.9. The van der Waals surface area contributed by atoms with Crippen LogP contribution < -0.4 is 4.74 Å². The number of hydrogen-bond donors (Lipinski definition) is 0. The third kappa shape index (κ3) is 4.97. The molecular weight excluding hydrogens is 370 g/mol. The van der Waals surface area contributed by atoms with Gasteiger partial charge in [-0.25, -0.2) is 0 Å². The topological polar surface area (TPSA) is 30.3 Å². The highest BCUT2D eigenvalue weighted by Gasteiger charge is 2.14. The minimum absolute atomic E-state index is 0.497. The second kappa shape index (κ2) is 9.42. The van der Waals surface area contributed by atoms with Crippen molar-refractivity contribution in [1.82, 2.24) is 14.7 Å². The lowest BCUT2D eigenvalue weighted by Crippen LogP contribution is -2.18. The van der Waals surface area contributed by atoms with Crippen molar-refractivity contribution in [2.75, 3.05) is 20.6 Å². The summed E-state index contributed by atoms with van der Waals surface area (Å²) in [4.78, 5) is 2.15. The van der Waals surface area contributed by atoms with Crippen LogP contribution in [0.4, 0.5) is 0 Å². The smallest absolute Gasteiger partial charge is 0.241 e. The molecule has 0 fully saturated rings. The molecule has 0 unspecified atom stereocenters. The number of aromatic nitrogens is 2. The van der Waals surface area contributed by atoms with Crippen LogP contribution in [0.25, 0.3) is 22.3 Å². The Bertz CT molecular complexity index is 1070. The molecule has 0 aliphatic heterocycles. The van der Waals surface area contributed by atoms with Crippen LogP contribution >= 0.6 is 0 Å². The van der Waals surface area contributed by atoms with Gasteiger partial charge in [-0.15, -0.1) is 5.10 Å². The summed E-state index contributed by atoms with van der Waals surface area (Å²) in [7, 11) is 4.14. The lowest BCUT2D eigenvalue weighted by atomic mass is 10.0. The van der Waals surface area contributed by atoms with Crippen molar-refractivity contribution in [1.29, 1.82) is 0 Å². The molecule has 4 rings (SSSR count). The standard InChI is InChI=1S/C26H27N3O/c1-28(2)16-17-29-19-25(26(27-29)30-20-21-10-5-3-6-11-21)24-15-9-14-23(18-24)22-12-7-4-8-13-22/h3-15,18-19H,16-17,20H2,1-2H3. The Morgan fingerprint density at radius 1 is 0.800 bits per heavy atom. The fraction of sp³-hybridized carbons (Fsp3) is 0.192. The zero-order valence-electron chi connectivity index (χ0n) is 17.5. The van der Waals surface area contributed by atoms with Crippen molar-refractivity contribution in [3.05, 3.63) is 96.7 Å². The molecule has 0 atom stereocenters. The van der Waals surface area contributed by atoms with Gasteiger partial charge in [-0.3, -0.25) is 4.68 Å². The quantitative estimate of drug-likeness (QED) is 0.401. The highest BCUT2D eigenvalue weighted by molar-refractivity contribution is 5.75. The van der Waals surface area contributed by atoms with E-state index in [9.17, 15) is 0 Å². The maximum Gasteiger partial charge on any atom is 0.241 e. The molecule has 0 bridgehead atoms. The third-order valence-corrected chi connectivity index (χ3v) is 5.00. The number of ether oxygens (including phenoxy) is 1. The van der Waals surface area contributed by atoms with E-state index in [1.54, 1.807) is 0 Å². The Hall–Kier alpha value is -3.37. The van der Waals surface area contributed by atoms with E-state index in [4.69, 9.17) is 9.84 Å². The molecule has 30 heavy (non-hydrogen) atoms. The Morgan fingerprint density at radius 2 is 1.47 bits per heavy atom. The number of rotatable bonds is 8. The molecule has 152 valence electrons. The zero-order chi connectivity index (χ0) is 20.8. The van der Waals surface area contributed by atoms with Crippen LogP contribution in [0, 0.1) is 0 Å². The van der Waals surface area contributed by atoms with Crippen LogP contribution in [0.3, 0.4) is 0 Å². The summed E-state index contributed by atoms with van der Waals surface area (Å²) in [5.74, 6) is 0.669. The van der Waals surface area contributed by atoms with E-state index in [-0.39, 0.29) is 0 Å². The predicted molar refractivity (Wildman–Crippen MR) is 122 cm³/mol. The summed E-state index contributed by atoms with van der Waals surface area (Å²) < 4.78 is 8.14. The van der Waals surface area contributed by atoms with Gasteiger partial charge in [0.05, 0.1) is 12.1 Å². The maximum absolute atomic E-state index is 6.17. The SMILES string of the molecule is CN(C)CCn1cc(-c2cccc(-c3ccccc3)c2)c(OCc2ccccc2)n1. The van der Waals surface area contributed by atoms with E-state index in [1.165, 1.54) is 11.1 Å². The lowest BCUT2D eigenvalue weighted by Gasteiger charge is -2.08. The molecule has 4 aromatic rings. The Labute approximate surface area is 178 Å². The maximum atomic E-state index is 6.17. The monoisotopic (exact) mass is 397 g/mol. The van der Waals surface area contributed by atoms with Gasteiger partial charge in [0.15, 0.2) is 0 Å². The van der Waals surface area contributed by atoms with E-state index >= 15 is 0 Å². The molecule has 0 amide bonds. The second-order valence-electron chi connectivity index (χ2n) is 7.64. The predicted octanol–water partition coefficient (Wildman–Crippen LogP) is 5.36. The van der Waals surface area contributed by atoms with E-state index in [0.29, 0.717) is 12.5 Å². The van der Waals surface area contributed by atoms with Crippen molar-refractivity contribution < 1.29 is 4.74 Å². The minimum atomic E-state index is 0.497. The van der Waals surface area contributed by atoms with Crippen LogP contribution in [-0.2, 0) is 13.2 Å². The van der Waals surface area contributed by atoms with E-state index in [0.717, 1.165) is 29.8 Å². The summed E-state index contributed by atoms with van der Waals surface area (Å²) in [5.41, 5.74) is 5.64. The number of hydrogen-bond acceptors (Lipinski definition) is 3. The molecule has 0 aliphatic rings. The average Bonchev–Trinajstić information content (AvgIpc) is 3.21. The molecule has 0 saturated carbocycles. The number of likely N-dealkylation sites (N-methyl/N-ethyl adjacent to an activating group) is 1. The Kier molecular flexibility index (Phi) is 6.26. The van der Waals surface area contributed by atoms with Gasteiger partial charge in [0.1, 0.15) is 6.61 Å². The van der Waals surface area contributed by atoms with Crippen molar-refractivity contribution in [3.8, 4) is 28.1 Å². The van der Waals surface area contributed by atoms with Gasteiger partial charge in [-0.2, -0.15) is 0 Å². The van der Waals surface area contributed by atoms with Crippen molar-refractivity contribution in [2.24, 2.45) is 0 Å². The first-order valence-electron chi connectivity index (χ1n) is 10.2. The number of benzene rings is 3. The first-order valence-corrected chi connectivity index (χ1v) is 10.2. The minimum Gasteiger partial charge on any atom is -0.471 e. The fourth-order valence-electron chi connectivity index (χ4n) is 3.35. The molecule has 0 saturated heterocycles. The molecular formula is C26H27N3O. The summed E-state index contributed by atoms with van der Waals surface area (Å²) in [6, 6.07) is 29.2. The lowest BCUT2D eigenvalue weighted by molar-refractivity contribution is 0.288. The Morgan fingerprint density at radius 3 is 2.20 bits per heavy atom. The highest BCUT2D eigenvalue weighted by atomic mass is 16.5. The van der Waals surface area contributed by atoms with Crippen LogP contribution in [0.2, 0.25) is 0 Å². The van der Waals surface area contributed by atoms with Crippen LogP contribution in [0.5, 0.6) is 5.88 Å². The first-order chi connectivity index (χ1) is 14.7. The molecule has 4 heteroatoms. The van der Waals surface area contributed by atoms with Crippen molar-refractivity contribution in [3.63, 3.8) is 0 Å². The molecule has 3 aromatic carbocycles. The average molecular weight is 398 g/mol. The van der Waals surface area contributed by atoms with E-state index in [2.05, 4.69) is 85.9 Å². The van der Waals surface area contributed by atoms with Gasteiger partial charge in [0.2, 0.25) is 5.88 Å². The van der Waals surface area contributed by atoms with Crippen molar-refractivity contribution in [2.45, 2.75) is 13.2 Å². The van der Waals surface area contributed by atoms with E-state index < -0.39 is 0 Å². The highest BCUT2D eigenvalue weighted by Crippen LogP contribution is 2.32. The molecule has 1 aromatic heterocycles. The summed E-state index contributed by atoms with van der Waals surface area (Å²) >= 11 is 0. The summed E-state index contributed by atoms with van der Waals surface area (Å²) in [6.45, 7) is 2.23. The normalized spacial score (nSPS) is 11.0. The Balaban J connectivity index is 1.65. The molecule has 1 heterocycles. The summed E-state index contributed by atoms with van der Waals surface area (Å²) in [5, 5.41) is 4.74. The van der Waals surface area contributed by atoms with Crippen molar-refractivity contribution >= 4 is 0 Å².